The van der Waals surface area contributed by atoms with Crippen LogP contribution in [-0.2, 0) is 6.42 Å². The van der Waals surface area contributed by atoms with Crippen LogP contribution in [0.15, 0.2) is 36.4 Å². The molecule has 0 unspecified atom stereocenters. The van der Waals surface area contributed by atoms with Crippen molar-refractivity contribution in [3.8, 4) is 0 Å². The van der Waals surface area contributed by atoms with E-state index >= 15 is 0 Å². The maximum Gasteiger partial charge on any atom is 0.0378 e. The molecule has 0 radical (unpaired) electrons. The highest BCUT2D eigenvalue weighted by atomic mass is 14.7. The molecule has 1 aromatic carbocycles. The predicted molar refractivity (Wildman–Crippen MR) is 67.4 cm³/mol. The van der Waals surface area contributed by atoms with E-state index in [0.717, 1.165) is 23.5 Å². The van der Waals surface area contributed by atoms with Gasteiger partial charge in [0.15, 0.2) is 0 Å². The molecule has 0 aliphatic carbocycles. The third kappa shape index (κ3) is 2.60. The van der Waals surface area contributed by atoms with E-state index in [-0.39, 0.29) is 0 Å². The van der Waals surface area contributed by atoms with Gasteiger partial charge in [-0.25, -0.2) is 0 Å². The van der Waals surface area contributed by atoms with Crippen molar-refractivity contribution in [2.24, 2.45) is 0 Å². The number of nitrogens with zero attached hydrogens (tertiary/aromatic N) is 1. The Labute approximate surface area is 96.1 Å². The molecule has 0 aliphatic heterocycles. The Bertz CT molecular complexity index is 466. The van der Waals surface area contributed by atoms with E-state index in [0.29, 0.717) is 0 Å². The molecular weight excluding hydrogens is 196 g/mol. The third-order valence-electron chi connectivity index (χ3n) is 2.53. The lowest BCUT2D eigenvalue weighted by Gasteiger charge is -2.05. The van der Waals surface area contributed by atoms with E-state index in [2.05, 4.69) is 29.2 Å². The summed E-state index contributed by atoms with van der Waals surface area (Å²) in [5.41, 5.74) is 11.2. The number of hydrogen-bond acceptors (Lipinski definition) is 2. The van der Waals surface area contributed by atoms with Crippen molar-refractivity contribution in [2.45, 2.75) is 20.3 Å². The van der Waals surface area contributed by atoms with Gasteiger partial charge in [-0.05, 0) is 55.7 Å². The van der Waals surface area contributed by atoms with E-state index in [4.69, 9.17) is 5.73 Å². The van der Waals surface area contributed by atoms with Crippen molar-refractivity contribution in [3.63, 3.8) is 0 Å². The van der Waals surface area contributed by atoms with Gasteiger partial charge in [-0.1, -0.05) is 12.1 Å². The Balaban J connectivity index is 2.23. The first-order chi connectivity index (χ1) is 7.63. The summed E-state index contributed by atoms with van der Waals surface area (Å²) in [7, 11) is 0. The number of nitrogens with two attached hydrogens (primary N) is 1. The van der Waals surface area contributed by atoms with Gasteiger partial charge in [0.1, 0.15) is 0 Å². The van der Waals surface area contributed by atoms with Crippen LogP contribution in [0.4, 0.5) is 5.69 Å². The summed E-state index contributed by atoms with van der Waals surface area (Å²) >= 11 is 0. The summed E-state index contributed by atoms with van der Waals surface area (Å²) in [6.07, 6.45) is 0.935. The molecule has 0 aliphatic rings. The van der Waals surface area contributed by atoms with Gasteiger partial charge < -0.3 is 5.73 Å². The van der Waals surface area contributed by atoms with Crippen LogP contribution in [0.2, 0.25) is 0 Å². The quantitative estimate of drug-likeness (QED) is 0.777. The van der Waals surface area contributed by atoms with Crippen LogP contribution in [-0.4, -0.2) is 4.98 Å². The van der Waals surface area contributed by atoms with Gasteiger partial charge in [0, 0.05) is 17.1 Å². The molecule has 0 spiro atoms. The van der Waals surface area contributed by atoms with Gasteiger partial charge in [-0.15, -0.1) is 0 Å². The number of aromatic nitrogens is 1. The van der Waals surface area contributed by atoms with Gasteiger partial charge in [-0.2, -0.15) is 0 Å². The van der Waals surface area contributed by atoms with Crippen LogP contribution in [0.1, 0.15) is 22.5 Å². The van der Waals surface area contributed by atoms with Gasteiger partial charge in [0.2, 0.25) is 0 Å². The summed E-state index contributed by atoms with van der Waals surface area (Å²) in [5, 5.41) is 0. The second-order valence-corrected chi connectivity index (χ2v) is 4.18. The smallest absolute Gasteiger partial charge is 0.0378 e. The molecule has 0 fully saturated rings. The predicted octanol–water partition coefficient (Wildman–Crippen LogP) is 2.87. The summed E-state index contributed by atoms with van der Waals surface area (Å²) in [6, 6.07) is 12.3. The minimum atomic E-state index is 0.811. The number of anilines is 1. The van der Waals surface area contributed by atoms with Gasteiger partial charge in [-0.3, -0.25) is 4.98 Å². The Morgan fingerprint density at radius 1 is 0.938 bits per heavy atom. The second kappa shape index (κ2) is 4.35. The van der Waals surface area contributed by atoms with E-state index in [1.165, 1.54) is 11.1 Å². The first kappa shape index (κ1) is 10.7. The van der Waals surface area contributed by atoms with Crippen LogP contribution >= 0.6 is 0 Å². The average molecular weight is 212 g/mol. The fraction of sp³-hybridized carbons (Fsp3) is 0.214. The molecule has 0 atom stereocenters. The van der Waals surface area contributed by atoms with E-state index in [9.17, 15) is 0 Å². The summed E-state index contributed by atoms with van der Waals surface area (Å²) < 4.78 is 0. The number of nitrogen functional groups attached to an aromatic ring is 1. The summed E-state index contributed by atoms with van der Waals surface area (Å²) in [5.74, 6) is 0. The first-order valence-electron chi connectivity index (χ1n) is 5.42. The topological polar surface area (TPSA) is 38.9 Å². The first-order valence-corrected chi connectivity index (χ1v) is 5.42. The largest absolute Gasteiger partial charge is 0.399 e. The standard InChI is InChI=1S/C14H16N2/c1-10-7-13(8-11(2)16-10)9-12-3-5-14(15)6-4-12/h3-8H,9,15H2,1-2H3. The van der Waals surface area contributed by atoms with Crippen molar-refractivity contribution in [1.82, 2.24) is 4.98 Å². The minimum Gasteiger partial charge on any atom is -0.399 e. The van der Waals surface area contributed by atoms with E-state index in [1.54, 1.807) is 0 Å². The monoisotopic (exact) mass is 212 g/mol. The average Bonchev–Trinajstić information content (AvgIpc) is 2.20. The molecule has 1 aromatic heterocycles. The zero-order valence-corrected chi connectivity index (χ0v) is 9.70. The van der Waals surface area contributed by atoms with Crippen molar-refractivity contribution in [2.75, 3.05) is 5.73 Å². The fourth-order valence-corrected chi connectivity index (χ4v) is 1.89. The van der Waals surface area contributed by atoms with E-state index < -0.39 is 0 Å². The van der Waals surface area contributed by atoms with E-state index in [1.807, 2.05) is 26.0 Å². The Morgan fingerprint density at radius 3 is 2.06 bits per heavy atom. The SMILES string of the molecule is Cc1cc(Cc2ccc(N)cc2)cc(C)n1. The lowest BCUT2D eigenvalue weighted by molar-refractivity contribution is 1.07. The lowest BCUT2D eigenvalue weighted by Crippen LogP contribution is -1.94. The van der Waals surface area contributed by atoms with Crippen LogP contribution in [0.3, 0.4) is 0 Å². The number of aryl methyl sites for hydroxylation is 2. The highest BCUT2D eigenvalue weighted by Gasteiger charge is 1.99. The lowest BCUT2D eigenvalue weighted by atomic mass is 10.0. The van der Waals surface area contributed by atoms with Crippen molar-refractivity contribution in [1.29, 1.82) is 0 Å². The van der Waals surface area contributed by atoms with Crippen molar-refractivity contribution in [3.05, 3.63) is 58.9 Å². The Hall–Kier alpha value is -1.83. The van der Waals surface area contributed by atoms with Crippen LogP contribution in [0.5, 0.6) is 0 Å². The van der Waals surface area contributed by atoms with Gasteiger partial charge >= 0.3 is 0 Å². The van der Waals surface area contributed by atoms with Gasteiger partial charge in [0.05, 0.1) is 0 Å². The molecule has 0 amide bonds. The van der Waals surface area contributed by atoms with Crippen molar-refractivity contribution < 1.29 is 0 Å². The second-order valence-electron chi connectivity index (χ2n) is 4.18. The molecule has 82 valence electrons. The molecule has 2 heteroatoms. The third-order valence-corrected chi connectivity index (χ3v) is 2.53. The van der Waals surface area contributed by atoms with Gasteiger partial charge in [0.25, 0.3) is 0 Å². The normalized spacial score (nSPS) is 10.4. The van der Waals surface area contributed by atoms with Crippen LogP contribution < -0.4 is 5.73 Å². The Morgan fingerprint density at radius 2 is 1.50 bits per heavy atom. The molecule has 0 saturated carbocycles. The number of hydrogen-bond donors (Lipinski definition) is 1. The number of rotatable bonds is 2. The number of pyridine rings is 1. The molecule has 2 rings (SSSR count). The zero-order chi connectivity index (χ0) is 11.5. The molecule has 16 heavy (non-hydrogen) atoms. The molecule has 2 nitrogen and oxygen atoms in total. The molecule has 0 bridgehead atoms. The molecule has 2 aromatic rings. The molecule has 2 N–H and O–H groups in total. The van der Waals surface area contributed by atoms with Crippen LogP contribution in [0, 0.1) is 13.8 Å². The fourth-order valence-electron chi connectivity index (χ4n) is 1.89. The molecule has 1 heterocycles. The highest BCUT2D eigenvalue weighted by molar-refractivity contribution is 5.40. The van der Waals surface area contributed by atoms with Crippen molar-refractivity contribution >= 4 is 5.69 Å². The minimum absolute atomic E-state index is 0.811. The molecular formula is C14H16N2. The summed E-state index contributed by atoms with van der Waals surface area (Å²) in [4.78, 5) is 4.37. The summed E-state index contributed by atoms with van der Waals surface area (Å²) in [6.45, 7) is 4.05. The maximum atomic E-state index is 5.66. The Kier molecular flexibility index (Phi) is 2.91. The van der Waals surface area contributed by atoms with Crippen LogP contribution in [0.25, 0.3) is 0 Å². The number of benzene rings is 1. The molecule has 0 saturated heterocycles. The highest BCUT2D eigenvalue weighted by Crippen LogP contribution is 2.13. The maximum absolute atomic E-state index is 5.66. The zero-order valence-electron chi connectivity index (χ0n) is 9.70.